The molecule has 11 heteroatoms. The number of aromatic amines is 1. The maximum Gasteiger partial charge on any atom is 0.274 e. The highest BCUT2D eigenvalue weighted by molar-refractivity contribution is 7.99. The van der Waals surface area contributed by atoms with Gasteiger partial charge in [-0.25, -0.2) is 9.67 Å². The van der Waals surface area contributed by atoms with Gasteiger partial charge in [-0.1, -0.05) is 36.0 Å². The van der Waals surface area contributed by atoms with Crippen LogP contribution in [0.25, 0.3) is 16.7 Å². The fourth-order valence-electron chi connectivity index (χ4n) is 3.00. The number of hydrogen-bond donors (Lipinski definition) is 2. The summed E-state index contributed by atoms with van der Waals surface area (Å²) < 4.78 is 1.56. The molecule has 0 aliphatic rings. The summed E-state index contributed by atoms with van der Waals surface area (Å²) in [5.41, 5.74) is 1.43. The fourth-order valence-corrected chi connectivity index (χ4v) is 3.66. The maximum atomic E-state index is 12.4. The number of nitrogens with zero attached hydrogens (tertiary/aromatic N) is 4. The van der Waals surface area contributed by atoms with E-state index < -0.39 is 4.92 Å². The maximum absolute atomic E-state index is 12.4. The first-order valence-corrected chi connectivity index (χ1v) is 10.1. The van der Waals surface area contributed by atoms with Gasteiger partial charge in [-0.3, -0.25) is 19.7 Å². The van der Waals surface area contributed by atoms with Crippen LogP contribution < -0.4 is 10.9 Å². The highest BCUT2D eigenvalue weighted by atomic mass is 32.2. The molecule has 4 aromatic rings. The zero-order chi connectivity index (χ0) is 22.0. The van der Waals surface area contributed by atoms with Gasteiger partial charge in [-0.15, -0.1) is 0 Å². The number of aromatic nitrogens is 4. The number of benzene rings is 2. The predicted octanol–water partition coefficient (Wildman–Crippen LogP) is 3.06. The minimum absolute atomic E-state index is 0.0456. The van der Waals surface area contributed by atoms with Crippen molar-refractivity contribution in [2.24, 2.45) is 0 Å². The Balaban J connectivity index is 1.53. The molecule has 2 N–H and O–H groups in total. The molecular weight excluding hydrogens is 420 g/mol. The molecular formula is C20H16N6O4S. The lowest BCUT2D eigenvalue weighted by molar-refractivity contribution is -0.385. The molecule has 0 spiro atoms. The van der Waals surface area contributed by atoms with Crippen molar-refractivity contribution in [3.8, 4) is 5.69 Å². The molecule has 2 aromatic carbocycles. The molecule has 0 aliphatic heterocycles. The lowest BCUT2D eigenvalue weighted by Crippen LogP contribution is -2.16. The standard InChI is InChI=1S/C20H16N6O4S/c1-12-15(8-5-9-16(12)26(29)30)22-17(27)11-31-20-23-18-14(19(28)24-20)10-21-25(18)13-6-3-2-4-7-13/h2-10H,11H2,1H3,(H,22,27)(H,23,24,28). The molecule has 0 saturated heterocycles. The number of rotatable bonds is 6. The lowest BCUT2D eigenvalue weighted by atomic mass is 10.1. The number of amides is 1. The Bertz CT molecular complexity index is 1350. The monoisotopic (exact) mass is 436 g/mol. The molecule has 4 rings (SSSR count). The number of nitro groups is 1. The van der Waals surface area contributed by atoms with Crippen LogP contribution in [-0.4, -0.2) is 36.3 Å². The fraction of sp³-hybridized carbons (Fsp3) is 0.100. The van der Waals surface area contributed by atoms with Gasteiger partial charge in [0, 0.05) is 6.07 Å². The zero-order valence-corrected chi connectivity index (χ0v) is 17.0. The number of fused-ring (bicyclic) bond motifs is 1. The van der Waals surface area contributed by atoms with Gasteiger partial charge in [0.25, 0.3) is 11.2 Å². The second-order valence-corrected chi connectivity index (χ2v) is 7.51. The number of hydrogen-bond acceptors (Lipinski definition) is 7. The van der Waals surface area contributed by atoms with Crippen LogP contribution in [0, 0.1) is 17.0 Å². The van der Waals surface area contributed by atoms with Crippen molar-refractivity contribution < 1.29 is 9.72 Å². The van der Waals surface area contributed by atoms with Crippen molar-refractivity contribution in [3.63, 3.8) is 0 Å². The summed E-state index contributed by atoms with van der Waals surface area (Å²) in [5, 5.41) is 18.6. The van der Waals surface area contributed by atoms with E-state index in [1.807, 2.05) is 30.3 Å². The largest absolute Gasteiger partial charge is 0.325 e. The van der Waals surface area contributed by atoms with Crippen molar-refractivity contribution in [2.45, 2.75) is 12.1 Å². The SMILES string of the molecule is Cc1c(NC(=O)CSc2nc3c(cnn3-c3ccccc3)c(=O)[nH]2)cccc1[N+](=O)[O-]. The summed E-state index contributed by atoms with van der Waals surface area (Å²) in [5.74, 6) is -0.427. The van der Waals surface area contributed by atoms with Gasteiger partial charge in [0.05, 0.1) is 33.8 Å². The van der Waals surface area contributed by atoms with E-state index in [1.54, 1.807) is 17.7 Å². The molecule has 0 saturated carbocycles. The van der Waals surface area contributed by atoms with Crippen molar-refractivity contribution in [3.05, 3.63) is 80.8 Å². The van der Waals surface area contributed by atoms with E-state index in [4.69, 9.17) is 0 Å². The Hall–Kier alpha value is -3.99. The number of nitro benzene ring substituents is 1. The van der Waals surface area contributed by atoms with Gasteiger partial charge in [-0.2, -0.15) is 5.10 Å². The molecule has 0 radical (unpaired) electrons. The van der Waals surface area contributed by atoms with Crippen molar-refractivity contribution in [1.82, 2.24) is 19.7 Å². The molecule has 156 valence electrons. The Labute approximate surface area is 179 Å². The van der Waals surface area contributed by atoms with E-state index in [2.05, 4.69) is 20.4 Å². The average molecular weight is 436 g/mol. The number of carbonyl (C=O) groups excluding carboxylic acids is 1. The Morgan fingerprint density at radius 1 is 1.23 bits per heavy atom. The molecule has 31 heavy (non-hydrogen) atoms. The Morgan fingerprint density at radius 2 is 2.00 bits per heavy atom. The third kappa shape index (κ3) is 4.16. The highest BCUT2D eigenvalue weighted by Gasteiger charge is 2.16. The van der Waals surface area contributed by atoms with E-state index in [0.29, 0.717) is 22.3 Å². The molecule has 0 bridgehead atoms. The Kier molecular flexibility index (Phi) is 5.50. The number of thioether (sulfide) groups is 1. The summed E-state index contributed by atoms with van der Waals surface area (Å²) >= 11 is 1.05. The molecule has 10 nitrogen and oxygen atoms in total. The first-order chi connectivity index (χ1) is 14.9. The number of para-hydroxylation sites is 1. The van der Waals surface area contributed by atoms with Crippen molar-refractivity contribution >= 4 is 40.1 Å². The minimum atomic E-state index is -0.500. The number of carbonyl (C=O) groups is 1. The average Bonchev–Trinajstić information content (AvgIpc) is 3.19. The smallest absolute Gasteiger partial charge is 0.274 e. The summed E-state index contributed by atoms with van der Waals surface area (Å²) in [6.45, 7) is 1.57. The van der Waals surface area contributed by atoms with Crippen molar-refractivity contribution in [2.75, 3.05) is 11.1 Å². The van der Waals surface area contributed by atoms with Crippen LogP contribution in [0.4, 0.5) is 11.4 Å². The second kappa shape index (κ2) is 8.40. The minimum Gasteiger partial charge on any atom is -0.325 e. The second-order valence-electron chi connectivity index (χ2n) is 6.54. The first kappa shape index (κ1) is 20.3. The van der Waals surface area contributed by atoms with Gasteiger partial charge >= 0.3 is 0 Å². The predicted molar refractivity (Wildman–Crippen MR) is 117 cm³/mol. The van der Waals surface area contributed by atoms with E-state index in [1.165, 1.54) is 18.3 Å². The van der Waals surface area contributed by atoms with Gasteiger partial charge in [-0.05, 0) is 25.1 Å². The van der Waals surface area contributed by atoms with E-state index >= 15 is 0 Å². The van der Waals surface area contributed by atoms with Crippen LogP contribution in [0.5, 0.6) is 0 Å². The van der Waals surface area contributed by atoms with Gasteiger partial charge < -0.3 is 10.3 Å². The third-order valence-corrected chi connectivity index (χ3v) is 5.41. The van der Waals surface area contributed by atoms with Crippen LogP contribution in [0.2, 0.25) is 0 Å². The quantitative estimate of drug-likeness (QED) is 0.205. The molecule has 0 aliphatic carbocycles. The van der Waals surface area contributed by atoms with Crippen LogP contribution in [0.1, 0.15) is 5.56 Å². The van der Waals surface area contributed by atoms with Crippen molar-refractivity contribution in [1.29, 1.82) is 0 Å². The van der Waals surface area contributed by atoms with Gasteiger partial charge in [0.1, 0.15) is 5.39 Å². The van der Waals surface area contributed by atoms with Crippen LogP contribution in [0.3, 0.4) is 0 Å². The normalized spacial score (nSPS) is 10.9. The van der Waals surface area contributed by atoms with Gasteiger partial charge in [0.2, 0.25) is 5.91 Å². The highest BCUT2D eigenvalue weighted by Crippen LogP contribution is 2.25. The molecule has 2 heterocycles. The number of H-pyrrole nitrogens is 1. The first-order valence-electron chi connectivity index (χ1n) is 9.14. The third-order valence-electron chi connectivity index (χ3n) is 4.53. The van der Waals surface area contributed by atoms with E-state index in [9.17, 15) is 19.7 Å². The van der Waals surface area contributed by atoms with E-state index in [-0.39, 0.29) is 28.1 Å². The number of nitrogens with one attached hydrogen (secondary N) is 2. The van der Waals surface area contributed by atoms with Gasteiger partial charge in [0.15, 0.2) is 10.8 Å². The Morgan fingerprint density at radius 3 is 2.74 bits per heavy atom. The lowest BCUT2D eigenvalue weighted by Gasteiger charge is -2.08. The summed E-state index contributed by atoms with van der Waals surface area (Å²) in [6.07, 6.45) is 1.44. The topological polar surface area (TPSA) is 136 Å². The molecule has 0 fully saturated rings. The van der Waals surface area contributed by atoms with E-state index in [0.717, 1.165) is 17.4 Å². The molecule has 2 aromatic heterocycles. The summed E-state index contributed by atoms with van der Waals surface area (Å²) in [4.78, 5) is 42.4. The van der Waals surface area contributed by atoms with Crippen LogP contribution in [-0.2, 0) is 4.79 Å². The summed E-state index contributed by atoms with van der Waals surface area (Å²) in [6, 6.07) is 13.7. The molecule has 0 unspecified atom stereocenters. The zero-order valence-electron chi connectivity index (χ0n) is 16.2. The molecule has 1 amide bonds. The number of anilines is 1. The van der Waals surface area contributed by atoms with Crippen LogP contribution >= 0.6 is 11.8 Å². The van der Waals surface area contributed by atoms with Crippen LogP contribution in [0.15, 0.2) is 64.7 Å². The molecule has 0 atom stereocenters. The summed E-state index contributed by atoms with van der Waals surface area (Å²) in [7, 11) is 0.